The van der Waals surface area contributed by atoms with E-state index in [1.807, 2.05) is 11.8 Å². The summed E-state index contributed by atoms with van der Waals surface area (Å²) >= 11 is 0. The number of rotatable bonds is 0. The SMILES string of the molecule is Cn1nc(C(C)(C)C)c(C(C)(C)C)[n+]1C. The van der Waals surface area contributed by atoms with Crippen LogP contribution in [0.5, 0.6) is 0 Å². The Balaban J connectivity index is 3.48. The van der Waals surface area contributed by atoms with E-state index in [0.717, 1.165) is 0 Å². The zero-order valence-electron chi connectivity index (χ0n) is 11.3. The van der Waals surface area contributed by atoms with Crippen LogP contribution >= 0.6 is 0 Å². The summed E-state index contributed by atoms with van der Waals surface area (Å²) in [5.74, 6) is 0. The van der Waals surface area contributed by atoms with Crippen molar-refractivity contribution < 1.29 is 4.68 Å². The Labute approximate surface area is 93.1 Å². The van der Waals surface area contributed by atoms with Crippen molar-refractivity contribution in [3.8, 4) is 0 Å². The van der Waals surface area contributed by atoms with E-state index in [4.69, 9.17) is 0 Å². The van der Waals surface area contributed by atoms with Gasteiger partial charge in [-0.05, 0) is 4.80 Å². The average Bonchev–Trinajstić information content (AvgIpc) is 2.25. The maximum Gasteiger partial charge on any atom is 0.227 e. The maximum absolute atomic E-state index is 4.63. The molecule has 0 bridgehead atoms. The predicted molar refractivity (Wildman–Crippen MR) is 61.8 cm³/mol. The normalized spacial score (nSPS) is 13.3. The second-order valence-electron chi connectivity index (χ2n) is 6.31. The third-order valence-corrected chi connectivity index (χ3v) is 2.65. The first-order valence-electron chi connectivity index (χ1n) is 5.49. The minimum Gasteiger partial charge on any atom is -0.160 e. The zero-order chi connectivity index (χ0) is 12.0. The molecule has 0 aliphatic rings. The number of aromatic nitrogens is 3. The number of hydrogen-bond donors (Lipinski definition) is 0. The van der Waals surface area contributed by atoms with Crippen molar-refractivity contribution in [2.45, 2.75) is 52.4 Å². The quantitative estimate of drug-likeness (QED) is 0.599. The summed E-state index contributed by atoms with van der Waals surface area (Å²) in [6.45, 7) is 13.3. The zero-order valence-corrected chi connectivity index (χ0v) is 11.3. The molecular formula is C12H24N3+. The van der Waals surface area contributed by atoms with Crippen molar-refractivity contribution in [1.29, 1.82) is 0 Å². The van der Waals surface area contributed by atoms with Gasteiger partial charge < -0.3 is 0 Å². The summed E-state index contributed by atoms with van der Waals surface area (Å²) in [6, 6.07) is 0. The summed E-state index contributed by atoms with van der Waals surface area (Å²) in [5, 5.41) is 4.63. The Kier molecular flexibility index (Phi) is 2.71. The Morgan fingerprint density at radius 2 is 1.47 bits per heavy atom. The van der Waals surface area contributed by atoms with Gasteiger partial charge in [-0.15, -0.1) is 0 Å². The summed E-state index contributed by atoms with van der Waals surface area (Å²) in [6.07, 6.45) is 0. The first kappa shape index (κ1) is 12.2. The van der Waals surface area contributed by atoms with Crippen molar-refractivity contribution in [3.05, 3.63) is 11.4 Å². The Hall–Kier alpha value is -0.860. The minimum atomic E-state index is 0.0988. The second-order valence-corrected chi connectivity index (χ2v) is 6.31. The number of nitrogens with zero attached hydrogens (tertiary/aromatic N) is 3. The summed E-state index contributed by atoms with van der Waals surface area (Å²) in [7, 11) is 4.06. The van der Waals surface area contributed by atoms with Gasteiger partial charge in [0.15, 0.2) is 5.69 Å². The smallest absolute Gasteiger partial charge is 0.160 e. The molecule has 0 unspecified atom stereocenters. The van der Waals surface area contributed by atoms with E-state index in [0.29, 0.717) is 0 Å². The fourth-order valence-corrected chi connectivity index (χ4v) is 1.90. The van der Waals surface area contributed by atoms with Gasteiger partial charge in [0.25, 0.3) is 0 Å². The Morgan fingerprint density at radius 1 is 1.00 bits per heavy atom. The third kappa shape index (κ3) is 2.21. The fourth-order valence-electron chi connectivity index (χ4n) is 1.90. The van der Waals surface area contributed by atoms with Crippen LogP contribution in [0.3, 0.4) is 0 Å². The molecular weight excluding hydrogens is 186 g/mol. The molecule has 15 heavy (non-hydrogen) atoms. The van der Waals surface area contributed by atoms with Crippen LogP contribution in [0.15, 0.2) is 0 Å². The molecule has 0 radical (unpaired) electrons. The van der Waals surface area contributed by atoms with E-state index in [2.05, 4.69) is 58.4 Å². The predicted octanol–water partition coefficient (Wildman–Crippen LogP) is 1.84. The molecule has 1 rings (SSSR count). The van der Waals surface area contributed by atoms with Crippen molar-refractivity contribution in [1.82, 2.24) is 9.90 Å². The third-order valence-electron chi connectivity index (χ3n) is 2.65. The van der Waals surface area contributed by atoms with Gasteiger partial charge in [-0.25, -0.2) is 0 Å². The molecule has 0 saturated heterocycles. The van der Waals surface area contributed by atoms with E-state index in [1.54, 1.807) is 0 Å². The summed E-state index contributed by atoms with van der Waals surface area (Å²) < 4.78 is 2.14. The highest BCUT2D eigenvalue weighted by molar-refractivity contribution is 5.20. The van der Waals surface area contributed by atoms with E-state index in [9.17, 15) is 0 Å². The standard InChI is InChI=1S/C12H24N3/c1-11(2,3)9-10(12(4,5)6)14(7)15(8)13-9/h1-8H3/q+1. The van der Waals surface area contributed by atoms with Crippen LogP contribution in [-0.2, 0) is 24.9 Å². The van der Waals surface area contributed by atoms with Crippen LogP contribution < -0.4 is 4.68 Å². The van der Waals surface area contributed by atoms with Crippen LogP contribution in [0.4, 0.5) is 0 Å². The van der Waals surface area contributed by atoms with Gasteiger partial charge in [-0.2, -0.15) is 4.68 Å². The Bertz CT molecular complexity index is 361. The molecule has 1 aromatic rings. The molecule has 0 spiro atoms. The maximum atomic E-state index is 4.63. The lowest BCUT2D eigenvalue weighted by Gasteiger charge is -2.19. The topological polar surface area (TPSA) is 21.7 Å². The molecule has 0 aromatic carbocycles. The largest absolute Gasteiger partial charge is 0.227 e. The van der Waals surface area contributed by atoms with Crippen molar-refractivity contribution >= 4 is 0 Å². The summed E-state index contributed by atoms with van der Waals surface area (Å²) in [5.41, 5.74) is 2.74. The van der Waals surface area contributed by atoms with Crippen LogP contribution in [0.25, 0.3) is 0 Å². The lowest BCUT2D eigenvalue weighted by Crippen LogP contribution is -2.45. The molecule has 86 valence electrons. The second kappa shape index (κ2) is 3.32. The van der Waals surface area contributed by atoms with Crippen LogP contribution in [0.2, 0.25) is 0 Å². The first-order chi connectivity index (χ1) is 6.55. The fraction of sp³-hybridized carbons (Fsp3) is 0.833. The van der Waals surface area contributed by atoms with Crippen LogP contribution in [0.1, 0.15) is 52.9 Å². The van der Waals surface area contributed by atoms with Gasteiger partial charge in [-0.1, -0.05) is 41.5 Å². The van der Waals surface area contributed by atoms with Crippen LogP contribution in [-0.4, -0.2) is 9.90 Å². The van der Waals surface area contributed by atoms with Gasteiger partial charge in [0.1, 0.15) is 7.05 Å². The van der Waals surface area contributed by atoms with E-state index in [-0.39, 0.29) is 10.8 Å². The monoisotopic (exact) mass is 210 g/mol. The molecule has 1 aromatic heterocycles. The summed E-state index contributed by atoms with van der Waals surface area (Å²) in [4.78, 5) is 1.92. The highest BCUT2D eigenvalue weighted by Crippen LogP contribution is 2.29. The molecule has 0 aliphatic carbocycles. The van der Waals surface area contributed by atoms with Gasteiger partial charge in [0.05, 0.1) is 7.05 Å². The molecule has 3 nitrogen and oxygen atoms in total. The molecule has 0 saturated carbocycles. The first-order valence-corrected chi connectivity index (χ1v) is 5.49. The highest BCUT2D eigenvalue weighted by atomic mass is 15.5. The lowest BCUT2D eigenvalue weighted by molar-refractivity contribution is -0.764. The van der Waals surface area contributed by atoms with Gasteiger partial charge in [0.2, 0.25) is 5.69 Å². The van der Waals surface area contributed by atoms with Gasteiger partial charge in [-0.3, -0.25) is 0 Å². The average molecular weight is 210 g/mol. The van der Waals surface area contributed by atoms with E-state index in [1.165, 1.54) is 11.4 Å². The Morgan fingerprint density at radius 3 is 1.73 bits per heavy atom. The molecule has 0 amide bonds. The van der Waals surface area contributed by atoms with E-state index >= 15 is 0 Å². The number of hydrogen-bond acceptors (Lipinski definition) is 1. The molecule has 3 heteroatoms. The van der Waals surface area contributed by atoms with Crippen LogP contribution in [0, 0.1) is 0 Å². The molecule has 0 atom stereocenters. The van der Waals surface area contributed by atoms with Gasteiger partial charge >= 0.3 is 0 Å². The molecule has 0 fully saturated rings. The minimum absolute atomic E-state index is 0.0988. The van der Waals surface area contributed by atoms with E-state index < -0.39 is 0 Å². The highest BCUT2D eigenvalue weighted by Gasteiger charge is 2.38. The van der Waals surface area contributed by atoms with Crippen molar-refractivity contribution in [2.24, 2.45) is 14.1 Å². The van der Waals surface area contributed by atoms with Crippen molar-refractivity contribution in [3.63, 3.8) is 0 Å². The number of aryl methyl sites for hydroxylation is 1. The molecule has 0 N–H and O–H groups in total. The van der Waals surface area contributed by atoms with Gasteiger partial charge in [0, 0.05) is 15.9 Å². The molecule has 0 aliphatic heterocycles. The van der Waals surface area contributed by atoms with Crippen molar-refractivity contribution in [2.75, 3.05) is 0 Å². The lowest BCUT2D eigenvalue weighted by atomic mass is 9.82. The molecule has 1 heterocycles.